The van der Waals surface area contributed by atoms with E-state index in [-0.39, 0.29) is 6.17 Å². The molecule has 1 aliphatic rings. The lowest BCUT2D eigenvalue weighted by atomic mass is 10.4. The first-order valence-electron chi connectivity index (χ1n) is 2.67. The van der Waals surface area contributed by atoms with Crippen LogP contribution in [0.2, 0.25) is 0 Å². The predicted octanol–water partition coefficient (Wildman–Crippen LogP) is -0.395. The molecule has 9 heavy (non-hydrogen) atoms. The number of hydrogen-bond donors (Lipinski definition) is 2. The second-order valence-corrected chi connectivity index (χ2v) is 2.31. The molecule has 0 aliphatic carbocycles. The minimum Gasteiger partial charge on any atom is -0.344 e. The highest BCUT2D eigenvalue weighted by molar-refractivity contribution is 7.80. The summed E-state index contributed by atoms with van der Waals surface area (Å²) in [6.45, 7) is 0. The van der Waals surface area contributed by atoms with Crippen molar-refractivity contribution in [1.29, 1.82) is 0 Å². The summed E-state index contributed by atoms with van der Waals surface area (Å²) in [5.74, 6) is 0. The van der Waals surface area contributed by atoms with Crippen molar-refractivity contribution < 1.29 is 0 Å². The standard InChI is InChI=1S/C5H9N3S/c1-8-3-2-4(6)7-5(8)9/h2-4H,6H2,1H3,(H,7,9). The third-order valence-corrected chi connectivity index (χ3v) is 1.53. The molecule has 1 unspecified atom stereocenters. The Hall–Kier alpha value is -0.610. The van der Waals surface area contributed by atoms with Gasteiger partial charge in [0.1, 0.15) is 0 Å². The van der Waals surface area contributed by atoms with E-state index in [1.54, 1.807) is 4.90 Å². The molecule has 50 valence electrons. The average molecular weight is 143 g/mol. The number of nitrogens with two attached hydrogens (primary N) is 1. The summed E-state index contributed by atoms with van der Waals surface area (Å²) in [6, 6.07) is 0. The molecular formula is C5H9N3S. The van der Waals surface area contributed by atoms with Crippen LogP contribution in [-0.2, 0) is 0 Å². The molecule has 0 fully saturated rings. The molecule has 0 aromatic carbocycles. The highest BCUT2D eigenvalue weighted by Gasteiger charge is 2.08. The lowest BCUT2D eigenvalue weighted by molar-refractivity contribution is 0.592. The predicted molar refractivity (Wildman–Crippen MR) is 40.6 cm³/mol. The van der Waals surface area contributed by atoms with Crippen molar-refractivity contribution in [2.45, 2.75) is 6.17 Å². The van der Waals surface area contributed by atoms with Gasteiger partial charge in [-0.1, -0.05) is 0 Å². The Labute approximate surface area is 59.5 Å². The van der Waals surface area contributed by atoms with E-state index in [0.29, 0.717) is 5.11 Å². The van der Waals surface area contributed by atoms with Crippen LogP contribution >= 0.6 is 12.2 Å². The third-order valence-electron chi connectivity index (χ3n) is 1.13. The highest BCUT2D eigenvalue weighted by Crippen LogP contribution is 1.94. The third kappa shape index (κ3) is 1.40. The van der Waals surface area contributed by atoms with Gasteiger partial charge in [-0.2, -0.15) is 0 Å². The molecule has 0 bridgehead atoms. The molecular weight excluding hydrogens is 134 g/mol. The maximum absolute atomic E-state index is 5.48. The van der Waals surface area contributed by atoms with Gasteiger partial charge in [0, 0.05) is 13.2 Å². The summed E-state index contributed by atoms with van der Waals surface area (Å²) < 4.78 is 0. The number of thiocarbonyl (C=S) groups is 1. The molecule has 1 aliphatic heterocycles. The number of hydrogen-bond acceptors (Lipinski definition) is 2. The minimum atomic E-state index is -0.117. The van der Waals surface area contributed by atoms with Crippen LogP contribution in [0.1, 0.15) is 0 Å². The minimum absolute atomic E-state index is 0.117. The van der Waals surface area contributed by atoms with E-state index in [1.807, 2.05) is 19.3 Å². The van der Waals surface area contributed by atoms with Crippen LogP contribution in [0.5, 0.6) is 0 Å². The first-order chi connectivity index (χ1) is 4.20. The summed E-state index contributed by atoms with van der Waals surface area (Å²) in [5.41, 5.74) is 5.48. The van der Waals surface area contributed by atoms with Crippen LogP contribution in [0.3, 0.4) is 0 Å². The van der Waals surface area contributed by atoms with E-state index >= 15 is 0 Å². The van der Waals surface area contributed by atoms with Crippen LogP contribution in [-0.4, -0.2) is 23.2 Å². The van der Waals surface area contributed by atoms with Gasteiger partial charge in [-0.3, -0.25) is 0 Å². The van der Waals surface area contributed by atoms with Gasteiger partial charge in [-0.25, -0.2) is 0 Å². The Balaban J connectivity index is 2.65. The first-order valence-corrected chi connectivity index (χ1v) is 3.08. The van der Waals surface area contributed by atoms with Crippen LogP contribution in [0.4, 0.5) is 0 Å². The maximum atomic E-state index is 5.48. The number of nitrogens with one attached hydrogen (secondary N) is 1. The quantitative estimate of drug-likeness (QED) is 0.453. The zero-order valence-corrected chi connectivity index (χ0v) is 5.98. The molecule has 0 saturated carbocycles. The van der Waals surface area contributed by atoms with E-state index in [9.17, 15) is 0 Å². The monoisotopic (exact) mass is 143 g/mol. The molecule has 0 aromatic heterocycles. The fourth-order valence-electron chi connectivity index (χ4n) is 0.582. The van der Waals surface area contributed by atoms with Crippen LogP contribution in [0.15, 0.2) is 12.3 Å². The topological polar surface area (TPSA) is 41.3 Å². The highest BCUT2D eigenvalue weighted by atomic mass is 32.1. The number of nitrogens with zero attached hydrogens (tertiary/aromatic N) is 1. The zero-order valence-electron chi connectivity index (χ0n) is 5.16. The molecule has 1 rings (SSSR count). The Kier molecular flexibility index (Phi) is 1.68. The largest absolute Gasteiger partial charge is 0.344 e. The van der Waals surface area contributed by atoms with Crippen molar-refractivity contribution in [1.82, 2.24) is 10.2 Å². The summed E-state index contributed by atoms with van der Waals surface area (Å²) in [4.78, 5) is 1.80. The van der Waals surface area contributed by atoms with Gasteiger partial charge in [0.25, 0.3) is 0 Å². The van der Waals surface area contributed by atoms with Crippen molar-refractivity contribution in [2.24, 2.45) is 5.73 Å². The van der Waals surface area contributed by atoms with Gasteiger partial charge in [-0.15, -0.1) is 0 Å². The van der Waals surface area contributed by atoms with E-state index in [4.69, 9.17) is 18.0 Å². The SMILES string of the molecule is CN1C=CC(N)NC1=S. The fraction of sp³-hybridized carbons (Fsp3) is 0.400. The van der Waals surface area contributed by atoms with Gasteiger partial charge >= 0.3 is 0 Å². The van der Waals surface area contributed by atoms with Crippen molar-refractivity contribution in [2.75, 3.05) is 7.05 Å². The lowest BCUT2D eigenvalue weighted by Gasteiger charge is -2.24. The summed E-state index contributed by atoms with van der Waals surface area (Å²) >= 11 is 4.89. The van der Waals surface area contributed by atoms with Crippen molar-refractivity contribution in [3.8, 4) is 0 Å². The van der Waals surface area contributed by atoms with Crippen molar-refractivity contribution in [3.63, 3.8) is 0 Å². The van der Waals surface area contributed by atoms with Gasteiger partial charge in [0.2, 0.25) is 0 Å². The van der Waals surface area contributed by atoms with E-state index in [0.717, 1.165) is 0 Å². The van der Waals surface area contributed by atoms with Gasteiger partial charge in [0.15, 0.2) is 5.11 Å². The van der Waals surface area contributed by atoms with Crippen LogP contribution < -0.4 is 11.1 Å². The molecule has 3 N–H and O–H groups in total. The molecule has 0 spiro atoms. The Morgan fingerprint density at radius 1 is 1.89 bits per heavy atom. The molecule has 4 heteroatoms. The second kappa shape index (κ2) is 2.33. The van der Waals surface area contributed by atoms with Gasteiger partial charge < -0.3 is 16.0 Å². The zero-order chi connectivity index (χ0) is 6.85. The lowest BCUT2D eigenvalue weighted by Crippen LogP contribution is -2.47. The van der Waals surface area contributed by atoms with E-state index in [1.165, 1.54) is 0 Å². The Morgan fingerprint density at radius 3 is 3.00 bits per heavy atom. The average Bonchev–Trinajstić information content (AvgIpc) is 1.80. The molecule has 3 nitrogen and oxygen atoms in total. The van der Waals surface area contributed by atoms with Crippen molar-refractivity contribution in [3.05, 3.63) is 12.3 Å². The fourth-order valence-corrected chi connectivity index (χ4v) is 0.779. The second-order valence-electron chi connectivity index (χ2n) is 1.93. The smallest absolute Gasteiger partial charge is 0.174 e. The molecule has 1 heterocycles. The van der Waals surface area contributed by atoms with E-state index in [2.05, 4.69) is 5.32 Å². The Bertz CT molecular complexity index is 154. The molecule has 0 amide bonds. The maximum Gasteiger partial charge on any atom is 0.174 e. The molecule has 0 aromatic rings. The summed E-state index contributed by atoms with van der Waals surface area (Å²) in [6.07, 6.45) is 3.58. The van der Waals surface area contributed by atoms with Gasteiger partial charge in [0.05, 0.1) is 6.17 Å². The van der Waals surface area contributed by atoms with Gasteiger partial charge in [-0.05, 0) is 18.3 Å². The van der Waals surface area contributed by atoms with E-state index < -0.39 is 0 Å². The Morgan fingerprint density at radius 2 is 2.56 bits per heavy atom. The molecule has 1 atom stereocenters. The normalized spacial score (nSPS) is 26.2. The number of rotatable bonds is 0. The summed E-state index contributed by atoms with van der Waals surface area (Å²) in [7, 11) is 1.87. The van der Waals surface area contributed by atoms with Crippen molar-refractivity contribution >= 4 is 17.3 Å². The van der Waals surface area contributed by atoms with Crippen LogP contribution in [0.25, 0.3) is 0 Å². The first kappa shape index (κ1) is 6.51. The molecule has 0 saturated heterocycles. The summed E-state index contributed by atoms with van der Waals surface area (Å²) in [5, 5.41) is 3.55. The molecule has 0 radical (unpaired) electrons. The van der Waals surface area contributed by atoms with Crippen LogP contribution in [0, 0.1) is 0 Å².